The SMILES string of the molecule is CCOc1ccc(C(=O)N[C@@H](CCCCN)C(=O)N[C@H](CCC(=O)N2[C@H](C(=O)O)C[C@@H]3CCCC[C@@H]32)C(=O)O)cn1. The Bertz CT molecular complexity index is 1080. The Kier molecular flexibility index (Phi) is 11.9. The van der Waals surface area contributed by atoms with Gasteiger partial charge < -0.3 is 36.2 Å². The molecule has 41 heavy (non-hydrogen) atoms. The first kappa shape index (κ1) is 31.8. The summed E-state index contributed by atoms with van der Waals surface area (Å²) < 4.78 is 5.28. The molecule has 1 saturated heterocycles. The highest BCUT2D eigenvalue weighted by Crippen LogP contribution is 2.40. The molecule has 2 aliphatic rings. The molecule has 2 fully saturated rings. The largest absolute Gasteiger partial charge is 0.480 e. The van der Waals surface area contributed by atoms with Crippen molar-refractivity contribution in [3.05, 3.63) is 23.9 Å². The van der Waals surface area contributed by atoms with Crippen molar-refractivity contribution in [2.24, 2.45) is 11.7 Å². The zero-order valence-corrected chi connectivity index (χ0v) is 23.4. The van der Waals surface area contributed by atoms with E-state index in [1.165, 1.54) is 23.2 Å². The van der Waals surface area contributed by atoms with E-state index in [1.807, 2.05) is 0 Å². The lowest BCUT2D eigenvalue weighted by Crippen LogP contribution is -2.52. The first-order valence-electron chi connectivity index (χ1n) is 14.3. The molecule has 2 heterocycles. The number of aromatic nitrogens is 1. The monoisotopic (exact) mass is 575 g/mol. The molecular formula is C28H41N5O8. The molecule has 0 unspecified atom stereocenters. The molecule has 13 heteroatoms. The highest BCUT2D eigenvalue weighted by molar-refractivity contribution is 5.98. The fourth-order valence-corrected chi connectivity index (χ4v) is 5.72. The molecule has 3 rings (SSSR count). The van der Waals surface area contributed by atoms with Crippen LogP contribution in [0.2, 0.25) is 0 Å². The number of fused-ring (bicyclic) bond motifs is 1. The number of carboxylic acids is 2. The van der Waals surface area contributed by atoms with Gasteiger partial charge in [0.25, 0.3) is 5.91 Å². The fourth-order valence-electron chi connectivity index (χ4n) is 5.72. The summed E-state index contributed by atoms with van der Waals surface area (Å²) in [6.07, 6.45) is 6.13. The number of amides is 3. The number of carbonyl (C=O) groups is 5. The van der Waals surface area contributed by atoms with Gasteiger partial charge in [-0.25, -0.2) is 14.6 Å². The smallest absolute Gasteiger partial charge is 0.326 e. The average Bonchev–Trinajstić information content (AvgIpc) is 3.35. The number of unbranched alkanes of at least 4 members (excludes halogenated alkanes) is 1. The summed E-state index contributed by atoms with van der Waals surface area (Å²) in [4.78, 5) is 68.5. The quantitative estimate of drug-likeness (QED) is 0.190. The molecule has 1 aromatic heterocycles. The van der Waals surface area contributed by atoms with Crippen LogP contribution in [0.25, 0.3) is 0 Å². The maximum Gasteiger partial charge on any atom is 0.326 e. The Morgan fingerprint density at radius 2 is 1.83 bits per heavy atom. The van der Waals surface area contributed by atoms with Crippen LogP contribution >= 0.6 is 0 Å². The van der Waals surface area contributed by atoms with E-state index in [-0.39, 0.29) is 36.8 Å². The topological polar surface area (TPSA) is 201 Å². The molecule has 0 radical (unpaired) electrons. The molecule has 0 aromatic carbocycles. The molecule has 0 spiro atoms. The summed E-state index contributed by atoms with van der Waals surface area (Å²) in [5, 5.41) is 24.6. The van der Waals surface area contributed by atoms with Crippen LogP contribution in [0, 0.1) is 5.92 Å². The van der Waals surface area contributed by atoms with Gasteiger partial charge in [-0.3, -0.25) is 14.4 Å². The van der Waals surface area contributed by atoms with Crippen molar-refractivity contribution in [2.45, 2.75) is 95.3 Å². The number of aliphatic carboxylic acids is 2. The van der Waals surface area contributed by atoms with Gasteiger partial charge in [0.15, 0.2) is 0 Å². The number of ether oxygens (including phenoxy) is 1. The maximum absolute atomic E-state index is 13.2. The molecule has 6 N–H and O–H groups in total. The van der Waals surface area contributed by atoms with Crippen LogP contribution in [0.5, 0.6) is 5.88 Å². The Morgan fingerprint density at radius 3 is 2.46 bits per heavy atom. The van der Waals surface area contributed by atoms with E-state index in [1.54, 1.807) is 6.92 Å². The molecule has 1 aliphatic carbocycles. The van der Waals surface area contributed by atoms with Crippen molar-refractivity contribution in [1.29, 1.82) is 0 Å². The fraction of sp³-hybridized carbons (Fsp3) is 0.643. The van der Waals surface area contributed by atoms with Crippen molar-refractivity contribution in [1.82, 2.24) is 20.5 Å². The molecule has 3 amide bonds. The first-order valence-corrected chi connectivity index (χ1v) is 14.3. The van der Waals surface area contributed by atoms with Crippen LogP contribution in [0.3, 0.4) is 0 Å². The number of nitrogens with two attached hydrogens (primary N) is 1. The lowest BCUT2D eigenvalue weighted by molar-refractivity contribution is -0.150. The second-order valence-electron chi connectivity index (χ2n) is 10.6. The van der Waals surface area contributed by atoms with Gasteiger partial charge in [-0.1, -0.05) is 12.8 Å². The van der Waals surface area contributed by atoms with Crippen molar-refractivity contribution in [3.8, 4) is 5.88 Å². The van der Waals surface area contributed by atoms with Gasteiger partial charge in [-0.15, -0.1) is 0 Å². The molecule has 13 nitrogen and oxygen atoms in total. The highest BCUT2D eigenvalue weighted by atomic mass is 16.5. The lowest BCUT2D eigenvalue weighted by Gasteiger charge is -2.33. The molecule has 226 valence electrons. The van der Waals surface area contributed by atoms with Gasteiger partial charge in [0, 0.05) is 24.7 Å². The second kappa shape index (κ2) is 15.3. The molecule has 0 bridgehead atoms. The zero-order chi connectivity index (χ0) is 29.9. The first-order chi connectivity index (χ1) is 19.7. The molecule has 1 aliphatic heterocycles. The number of carbonyl (C=O) groups excluding carboxylic acids is 3. The number of nitrogens with one attached hydrogen (secondary N) is 2. The third-order valence-electron chi connectivity index (χ3n) is 7.78. The summed E-state index contributed by atoms with van der Waals surface area (Å²) in [6.45, 7) is 2.61. The summed E-state index contributed by atoms with van der Waals surface area (Å²) in [5.74, 6) is -3.61. The van der Waals surface area contributed by atoms with E-state index in [4.69, 9.17) is 10.5 Å². The third-order valence-corrected chi connectivity index (χ3v) is 7.78. The van der Waals surface area contributed by atoms with E-state index < -0.39 is 47.8 Å². The summed E-state index contributed by atoms with van der Waals surface area (Å²) in [7, 11) is 0. The number of carboxylic acid groups (broad SMARTS) is 2. The van der Waals surface area contributed by atoms with Crippen LogP contribution in [0.4, 0.5) is 0 Å². The van der Waals surface area contributed by atoms with Crippen LogP contribution < -0.4 is 21.1 Å². The third kappa shape index (κ3) is 8.62. The summed E-state index contributed by atoms with van der Waals surface area (Å²) >= 11 is 0. The maximum atomic E-state index is 13.2. The van der Waals surface area contributed by atoms with Crippen LogP contribution in [0.15, 0.2) is 18.3 Å². The van der Waals surface area contributed by atoms with E-state index in [0.717, 1.165) is 25.7 Å². The van der Waals surface area contributed by atoms with Gasteiger partial charge in [-0.2, -0.15) is 0 Å². The summed E-state index contributed by atoms with van der Waals surface area (Å²) in [6, 6.07) is -0.490. The van der Waals surface area contributed by atoms with Gasteiger partial charge in [0.1, 0.15) is 18.1 Å². The van der Waals surface area contributed by atoms with Crippen molar-refractivity contribution < 1.29 is 38.9 Å². The van der Waals surface area contributed by atoms with E-state index in [2.05, 4.69) is 15.6 Å². The molecule has 1 saturated carbocycles. The van der Waals surface area contributed by atoms with Crippen LogP contribution in [-0.2, 0) is 19.2 Å². The van der Waals surface area contributed by atoms with Gasteiger partial charge in [0.2, 0.25) is 17.7 Å². The van der Waals surface area contributed by atoms with Gasteiger partial charge in [0.05, 0.1) is 12.2 Å². The Morgan fingerprint density at radius 1 is 1.07 bits per heavy atom. The van der Waals surface area contributed by atoms with Crippen molar-refractivity contribution >= 4 is 29.7 Å². The van der Waals surface area contributed by atoms with Gasteiger partial charge >= 0.3 is 11.9 Å². The predicted molar refractivity (Wildman–Crippen MR) is 147 cm³/mol. The average molecular weight is 576 g/mol. The predicted octanol–water partition coefficient (Wildman–Crippen LogP) is 1.30. The number of pyridine rings is 1. The Hall–Kier alpha value is -3.74. The Balaban J connectivity index is 1.64. The normalized spacial score (nSPS) is 21.3. The van der Waals surface area contributed by atoms with E-state index in [0.29, 0.717) is 38.3 Å². The molecule has 5 atom stereocenters. The minimum absolute atomic E-state index is 0.132. The molecule has 1 aromatic rings. The minimum Gasteiger partial charge on any atom is -0.480 e. The van der Waals surface area contributed by atoms with Crippen molar-refractivity contribution in [3.63, 3.8) is 0 Å². The standard InChI is InChI=1S/C28H41N5O8/c1-2-41-23-12-10-18(16-30-23)25(35)31-19(8-5-6-14-29)26(36)32-20(27(37)38)11-13-24(34)33-21-9-4-3-7-17(21)15-22(33)28(39)40/h10,12,16-17,19-22H,2-9,11,13-15,29H2,1H3,(H,31,35)(H,32,36)(H,37,38)(H,39,40)/t17-,19-,20+,21-,22-/m0/s1. The zero-order valence-electron chi connectivity index (χ0n) is 23.4. The van der Waals surface area contributed by atoms with Crippen LogP contribution in [0.1, 0.15) is 81.5 Å². The van der Waals surface area contributed by atoms with Crippen molar-refractivity contribution in [2.75, 3.05) is 13.2 Å². The van der Waals surface area contributed by atoms with Crippen LogP contribution in [-0.4, -0.2) is 87.1 Å². The second-order valence-corrected chi connectivity index (χ2v) is 10.6. The van der Waals surface area contributed by atoms with E-state index in [9.17, 15) is 34.2 Å². The number of likely N-dealkylation sites (tertiary alicyclic amines) is 1. The number of hydrogen-bond donors (Lipinski definition) is 5. The highest BCUT2D eigenvalue weighted by Gasteiger charge is 2.47. The molecular weight excluding hydrogens is 534 g/mol. The number of rotatable bonds is 15. The minimum atomic E-state index is -1.40. The van der Waals surface area contributed by atoms with Gasteiger partial charge in [-0.05, 0) is 70.4 Å². The lowest BCUT2D eigenvalue weighted by atomic mass is 9.84. The van der Waals surface area contributed by atoms with E-state index >= 15 is 0 Å². The summed E-state index contributed by atoms with van der Waals surface area (Å²) in [5.41, 5.74) is 5.77. The number of hydrogen-bond acceptors (Lipinski definition) is 8. The Labute approximate surface area is 239 Å². The number of nitrogens with zero attached hydrogens (tertiary/aromatic N) is 2.